The van der Waals surface area contributed by atoms with Crippen molar-refractivity contribution in [3.63, 3.8) is 0 Å². The van der Waals surface area contributed by atoms with Gasteiger partial charge in [-0.05, 0) is 12.1 Å². The molecule has 0 aliphatic carbocycles. The number of halogens is 2. The molecule has 1 atom stereocenters. The van der Waals surface area contributed by atoms with Gasteiger partial charge in [-0.1, -0.05) is 6.07 Å². The Hall–Kier alpha value is -2.33. The molecule has 0 spiro atoms. The number of rotatable bonds is 5. The van der Waals surface area contributed by atoms with Crippen molar-refractivity contribution in [2.45, 2.75) is 24.4 Å². The van der Waals surface area contributed by atoms with Crippen LogP contribution in [-0.2, 0) is 14.3 Å². The minimum absolute atomic E-state index is 0.0220. The number of anilines is 1. The highest BCUT2D eigenvalue weighted by Crippen LogP contribution is 2.36. The number of alkyl halides is 2. The average Bonchev–Trinajstić information content (AvgIpc) is 3.02. The molecule has 10 heteroatoms. The summed E-state index contributed by atoms with van der Waals surface area (Å²) in [5.41, 5.74) is 0. The molecule has 3 aliphatic rings. The number of aromatic nitrogens is 1. The van der Waals surface area contributed by atoms with Gasteiger partial charge >= 0.3 is 0 Å². The van der Waals surface area contributed by atoms with E-state index >= 15 is 0 Å². The number of piperazine rings is 1. The lowest BCUT2D eigenvalue weighted by atomic mass is 10.0. The third-order valence-electron chi connectivity index (χ3n) is 6.11. The Balaban J connectivity index is 1.36. The summed E-state index contributed by atoms with van der Waals surface area (Å²) in [4.78, 5) is 36.3. The van der Waals surface area contributed by atoms with Crippen LogP contribution in [0, 0.1) is 0 Å². The van der Waals surface area contributed by atoms with Crippen LogP contribution in [0.5, 0.6) is 0 Å². The van der Waals surface area contributed by atoms with Crippen LogP contribution in [-0.4, -0.2) is 109 Å². The number of hydrogen-bond acceptors (Lipinski definition) is 6. The molecule has 0 radical (unpaired) electrons. The van der Waals surface area contributed by atoms with Crippen LogP contribution in [0.1, 0.15) is 6.42 Å². The van der Waals surface area contributed by atoms with Gasteiger partial charge in [0.2, 0.25) is 11.8 Å². The number of ether oxygens (including phenoxy) is 1. The highest BCUT2D eigenvalue weighted by atomic mass is 19.3. The predicted molar refractivity (Wildman–Crippen MR) is 105 cm³/mol. The van der Waals surface area contributed by atoms with Crippen LogP contribution in [0.4, 0.5) is 14.6 Å². The number of pyridine rings is 1. The van der Waals surface area contributed by atoms with Gasteiger partial charge in [0, 0.05) is 65.0 Å². The number of amides is 2. The van der Waals surface area contributed by atoms with Crippen molar-refractivity contribution in [3.05, 3.63) is 24.4 Å². The quantitative estimate of drug-likeness (QED) is 0.679. The maximum Gasteiger partial charge on any atom is 0.262 e. The van der Waals surface area contributed by atoms with Crippen molar-refractivity contribution >= 4 is 17.6 Å². The second kappa shape index (κ2) is 8.43. The first-order chi connectivity index (χ1) is 14.4. The van der Waals surface area contributed by atoms with E-state index in [1.807, 2.05) is 18.2 Å². The lowest BCUT2D eigenvalue weighted by Crippen LogP contribution is -2.64. The van der Waals surface area contributed by atoms with Crippen LogP contribution < -0.4 is 4.90 Å². The number of carbonyl (C=O) groups is 2. The van der Waals surface area contributed by atoms with Crippen LogP contribution in [0.15, 0.2) is 24.4 Å². The van der Waals surface area contributed by atoms with Crippen LogP contribution in [0.25, 0.3) is 0 Å². The molecule has 3 fully saturated rings. The maximum absolute atomic E-state index is 14.2. The van der Waals surface area contributed by atoms with Crippen molar-refractivity contribution in [2.75, 3.05) is 64.4 Å². The number of carbonyl (C=O) groups excluding carboxylic acids is 2. The number of hydrogen-bond donors (Lipinski definition) is 0. The van der Waals surface area contributed by atoms with Gasteiger partial charge in [0.1, 0.15) is 12.4 Å². The van der Waals surface area contributed by atoms with E-state index in [1.165, 1.54) is 7.11 Å². The molecular formula is C20H27F2N5O3. The number of methoxy groups -OCH3 is 1. The van der Waals surface area contributed by atoms with E-state index in [0.717, 1.165) is 5.82 Å². The van der Waals surface area contributed by atoms with Gasteiger partial charge in [-0.15, -0.1) is 0 Å². The first-order valence-electron chi connectivity index (χ1n) is 10.2. The fourth-order valence-electron chi connectivity index (χ4n) is 4.45. The second-order valence-electron chi connectivity index (χ2n) is 8.13. The number of nitrogens with zero attached hydrogens (tertiary/aromatic N) is 5. The second-order valence-corrected chi connectivity index (χ2v) is 8.13. The molecule has 164 valence electrons. The molecule has 0 bridgehead atoms. The van der Waals surface area contributed by atoms with Crippen LogP contribution >= 0.6 is 0 Å². The van der Waals surface area contributed by atoms with Gasteiger partial charge in [0.15, 0.2) is 0 Å². The molecule has 3 aliphatic heterocycles. The molecule has 4 rings (SSSR count). The Bertz CT molecular complexity index is 767. The minimum Gasteiger partial charge on any atom is -0.375 e. The highest BCUT2D eigenvalue weighted by Gasteiger charge is 2.53. The largest absolute Gasteiger partial charge is 0.375 e. The molecule has 0 N–H and O–H groups in total. The fraction of sp³-hybridized carbons (Fsp3) is 0.650. The van der Waals surface area contributed by atoms with Gasteiger partial charge in [-0.3, -0.25) is 14.5 Å². The van der Waals surface area contributed by atoms with Crippen molar-refractivity contribution in [1.82, 2.24) is 19.7 Å². The van der Waals surface area contributed by atoms with Crippen LogP contribution in [0.3, 0.4) is 0 Å². The summed E-state index contributed by atoms with van der Waals surface area (Å²) in [6.07, 6.45) is 1.26. The van der Waals surface area contributed by atoms with E-state index in [0.29, 0.717) is 39.3 Å². The van der Waals surface area contributed by atoms with E-state index in [-0.39, 0.29) is 24.5 Å². The lowest BCUT2D eigenvalue weighted by Gasteiger charge is -2.46. The zero-order valence-corrected chi connectivity index (χ0v) is 17.0. The average molecular weight is 423 g/mol. The van der Waals surface area contributed by atoms with Crippen molar-refractivity contribution in [2.24, 2.45) is 0 Å². The lowest BCUT2D eigenvalue weighted by molar-refractivity contribution is -0.145. The molecule has 4 heterocycles. The van der Waals surface area contributed by atoms with Crippen molar-refractivity contribution in [1.29, 1.82) is 0 Å². The Morgan fingerprint density at radius 1 is 1.17 bits per heavy atom. The molecule has 2 amide bonds. The molecule has 0 unspecified atom stereocenters. The monoisotopic (exact) mass is 423 g/mol. The molecule has 8 nitrogen and oxygen atoms in total. The minimum atomic E-state index is -2.90. The molecular weight excluding hydrogens is 396 g/mol. The Kier molecular flexibility index (Phi) is 5.88. The topological polar surface area (TPSA) is 69.2 Å². The Labute approximate surface area is 174 Å². The van der Waals surface area contributed by atoms with E-state index < -0.39 is 24.9 Å². The van der Waals surface area contributed by atoms with E-state index in [4.69, 9.17) is 4.74 Å². The highest BCUT2D eigenvalue weighted by molar-refractivity contribution is 5.83. The summed E-state index contributed by atoms with van der Waals surface area (Å²) < 4.78 is 33.3. The molecule has 1 aromatic heterocycles. The first kappa shape index (κ1) is 20.9. The molecule has 3 saturated heterocycles. The zero-order valence-electron chi connectivity index (χ0n) is 17.0. The van der Waals surface area contributed by atoms with Gasteiger partial charge < -0.3 is 19.4 Å². The third kappa shape index (κ3) is 4.24. The molecule has 30 heavy (non-hydrogen) atoms. The van der Waals surface area contributed by atoms with Crippen molar-refractivity contribution in [3.8, 4) is 0 Å². The SMILES string of the molecule is COCC(=O)N1CC(N2CC(F)(F)C[C@H]2C(=O)N2CCN(c3ccccn3)CC2)C1. The van der Waals surface area contributed by atoms with E-state index in [2.05, 4.69) is 9.88 Å². The summed E-state index contributed by atoms with van der Waals surface area (Å²) in [5.74, 6) is -2.44. The van der Waals surface area contributed by atoms with Crippen molar-refractivity contribution < 1.29 is 23.1 Å². The van der Waals surface area contributed by atoms with Gasteiger partial charge in [-0.2, -0.15) is 0 Å². The Morgan fingerprint density at radius 2 is 1.90 bits per heavy atom. The predicted octanol–water partition coefficient (Wildman–Crippen LogP) is 0.297. The van der Waals surface area contributed by atoms with Crippen LogP contribution in [0.2, 0.25) is 0 Å². The molecule has 1 aromatic rings. The first-order valence-corrected chi connectivity index (χ1v) is 10.2. The van der Waals surface area contributed by atoms with E-state index in [1.54, 1.807) is 20.9 Å². The summed E-state index contributed by atoms with van der Waals surface area (Å²) >= 11 is 0. The molecule has 0 saturated carbocycles. The fourth-order valence-corrected chi connectivity index (χ4v) is 4.45. The van der Waals surface area contributed by atoms with Gasteiger partial charge in [0.25, 0.3) is 5.92 Å². The third-order valence-corrected chi connectivity index (χ3v) is 6.11. The summed E-state index contributed by atoms with van der Waals surface area (Å²) in [7, 11) is 1.44. The summed E-state index contributed by atoms with van der Waals surface area (Å²) in [6, 6.07) is 4.62. The zero-order chi connectivity index (χ0) is 21.3. The standard InChI is InChI=1S/C20H27F2N5O3/c1-30-13-18(28)26-11-15(12-26)27-14-20(21,22)10-16(27)19(29)25-8-6-24(7-9-25)17-4-2-3-5-23-17/h2-5,15-16H,6-14H2,1H3/t16-/m0/s1. The van der Waals surface area contributed by atoms with E-state index in [9.17, 15) is 18.4 Å². The smallest absolute Gasteiger partial charge is 0.262 e. The normalized spacial score (nSPS) is 24.8. The molecule has 0 aromatic carbocycles. The Morgan fingerprint density at radius 3 is 2.53 bits per heavy atom. The maximum atomic E-state index is 14.2. The van der Waals surface area contributed by atoms with Gasteiger partial charge in [0.05, 0.1) is 12.6 Å². The summed E-state index contributed by atoms with van der Waals surface area (Å²) in [6.45, 7) is 2.46. The number of likely N-dealkylation sites (tertiary alicyclic amines) is 2. The van der Waals surface area contributed by atoms with Gasteiger partial charge in [-0.25, -0.2) is 13.8 Å². The summed E-state index contributed by atoms with van der Waals surface area (Å²) in [5, 5.41) is 0.